The lowest BCUT2D eigenvalue weighted by atomic mass is 10.1. The number of morpholine rings is 1. The van der Waals surface area contributed by atoms with Crippen LogP contribution in [0.5, 0.6) is 0 Å². The molecule has 1 fully saturated rings. The van der Waals surface area contributed by atoms with Gasteiger partial charge in [0.1, 0.15) is 0 Å². The smallest absolute Gasteiger partial charge is 0.191 e. The van der Waals surface area contributed by atoms with Gasteiger partial charge in [0.25, 0.3) is 0 Å². The van der Waals surface area contributed by atoms with Crippen molar-refractivity contribution in [1.29, 1.82) is 0 Å². The molecule has 114 valence electrons. The molecule has 0 bridgehead atoms. The Morgan fingerprint density at radius 3 is 2.86 bits per heavy atom. The van der Waals surface area contributed by atoms with Crippen LogP contribution in [0, 0.1) is 0 Å². The molecule has 3 rings (SSSR count). The Labute approximate surface area is 146 Å². The first-order valence-electron chi connectivity index (χ1n) is 6.92. The number of guanidine groups is 1. The Balaban J connectivity index is 0.00000161. The molecule has 2 heterocycles. The molecule has 1 aliphatic rings. The lowest BCUT2D eigenvalue weighted by Gasteiger charge is -2.27. The summed E-state index contributed by atoms with van der Waals surface area (Å²) in [5.41, 5.74) is 7.39. The van der Waals surface area contributed by atoms with E-state index in [0.717, 1.165) is 39.3 Å². The molecule has 4 nitrogen and oxygen atoms in total. The fourth-order valence-electron chi connectivity index (χ4n) is 2.41. The van der Waals surface area contributed by atoms with E-state index < -0.39 is 0 Å². The van der Waals surface area contributed by atoms with Crippen LogP contribution in [0.15, 0.2) is 34.6 Å². The molecule has 0 unspecified atom stereocenters. The molecule has 21 heavy (non-hydrogen) atoms. The van der Waals surface area contributed by atoms with Gasteiger partial charge >= 0.3 is 0 Å². The number of thiophene rings is 1. The quantitative estimate of drug-likeness (QED) is 0.475. The van der Waals surface area contributed by atoms with Gasteiger partial charge < -0.3 is 15.4 Å². The van der Waals surface area contributed by atoms with Gasteiger partial charge in [0, 0.05) is 24.3 Å². The second-order valence-electron chi connectivity index (χ2n) is 4.85. The molecule has 2 N–H and O–H groups in total. The maximum absolute atomic E-state index is 6.02. The molecule has 0 atom stereocenters. The van der Waals surface area contributed by atoms with Crippen molar-refractivity contribution in [3.63, 3.8) is 0 Å². The summed E-state index contributed by atoms with van der Waals surface area (Å²) in [6.07, 6.45) is 0.940. The Kier molecular flexibility index (Phi) is 6.25. The molecule has 6 heteroatoms. The van der Waals surface area contributed by atoms with Crippen LogP contribution in [-0.4, -0.2) is 43.7 Å². The summed E-state index contributed by atoms with van der Waals surface area (Å²) in [6.45, 7) is 3.91. The van der Waals surface area contributed by atoms with Gasteiger partial charge in [-0.2, -0.15) is 0 Å². The number of nitrogens with two attached hydrogens (primary N) is 1. The third kappa shape index (κ3) is 4.08. The van der Waals surface area contributed by atoms with E-state index in [1.807, 2.05) is 0 Å². The summed E-state index contributed by atoms with van der Waals surface area (Å²) in [5, 5.41) is 3.57. The van der Waals surface area contributed by atoms with Crippen molar-refractivity contribution in [2.24, 2.45) is 10.7 Å². The predicted molar refractivity (Wildman–Crippen MR) is 99.8 cm³/mol. The van der Waals surface area contributed by atoms with E-state index in [2.05, 4.69) is 39.5 Å². The fraction of sp³-hybridized carbons (Fsp3) is 0.400. The molecular formula is C15H20IN3OS. The molecule has 0 saturated carbocycles. The molecule has 1 aliphatic heterocycles. The Hall–Kier alpha value is -0.860. The van der Waals surface area contributed by atoms with Gasteiger partial charge in [-0.05, 0) is 28.8 Å². The molecular weight excluding hydrogens is 397 g/mol. The average molecular weight is 417 g/mol. The maximum Gasteiger partial charge on any atom is 0.191 e. The van der Waals surface area contributed by atoms with Crippen molar-refractivity contribution >= 4 is 51.4 Å². The van der Waals surface area contributed by atoms with Crippen LogP contribution in [-0.2, 0) is 11.2 Å². The SMILES string of the molecule is I.NC(=NCCc1csc2ccccc12)N1CCOCC1. The van der Waals surface area contributed by atoms with Crippen molar-refractivity contribution in [3.8, 4) is 0 Å². The van der Waals surface area contributed by atoms with E-state index in [-0.39, 0.29) is 24.0 Å². The second-order valence-corrected chi connectivity index (χ2v) is 5.76. The highest BCUT2D eigenvalue weighted by Crippen LogP contribution is 2.25. The van der Waals surface area contributed by atoms with Crippen molar-refractivity contribution in [2.75, 3.05) is 32.8 Å². The van der Waals surface area contributed by atoms with Crippen molar-refractivity contribution in [2.45, 2.75) is 6.42 Å². The van der Waals surface area contributed by atoms with E-state index in [1.165, 1.54) is 15.6 Å². The number of rotatable bonds is 3. The van der Waals surface area contributed by atoms with Crippen molar-refractivity contribution in [1.82, 2.24) is 4.90 Å². The van der Waals surface area contributed by atoms with Crippen LogP contribution in [0.2, 0.25) is 0 Å². The number of nitrogens with zero attached hydrogens (tertiary/aromatic N) is 2. The number of hydrogen-bond donors (Lipinski definition) is 1. The molecule has 2 aromatic rings. The Morgan fingerprint density at radius 2 is 2.05 bits per heavy atom. The monoisotopic (exact) mass is 417 g/mol. The van der Waals surface area contributed by atoms with Gasteiger partial charge in [-0.25, -0.2) is 0 Å². The number of aliphatic imine (C=N–C) groups is 1. The molecule has 1 aromatic carbocycles. The van der Waals surface area contributed by atoms with Gasteiger partial charge in [0.2, 0.25) is 0 Å². The number of benzene rings is 1. The average Bonchev–Trinajstić information content (AvgIpc) is 2.92. The zero-order valence-corrected chi connectivity index (χ0v) is 15.0. The lowest BCUT2D eigenvalue weighted by Crippen LogP contribution is -2.44. The van der Waals surface area contributed by atoms with Gasteiger partial charge in [-0.15, -0.1) is 35.3 Å². The molecule has 0 amide bonds. The highest BCUT2D eigenvalue weighted by atomic mass is 127. The number of fused-ring (bicyclic) bond motifs is 1. The fourth-order valence-corrected chi connectivity index (χ4v) is 3.41. The summed E-state index contributed by atoms with van der Waals surface area (Å²) in [6, 6.07) is 8.51. The summed E-state index contributed by atoms with van der Waals surface area (Å²) in [7, 11) is 0. The Bertz CT molecular complexity index is 608. The molecule has 0 spiro atoms. The third-order valence-corrected chi connectivity index (χ3v) is 4.56. The van der Waals surface area contributed by atoms with Gasteiger partial charge in [-0.3, -0.25) is 4.99 Å². The zero-order valence-electron chi connectivity index (χ0n) is 11.8. The van der Waals surface area contributed by atoms with Gasteiger partial charge in [0.15, 0.2) is 5.96 Å². The predicted octanol–water partition coefficient (Wildman–Crippen LogP) is 2.71. The first-order valence-corrected chi connectivity index (χ1v) is 7.80. The summed E-state index contributed by atoms with van der Waals surface area (Å²) in [4.78, 5) is 6.59. The van der Waals surface area contributed by atoms with Gasteiger partial charge in [0.05, 0.1) is 13.2 Å². The number of halogens is 1. The van der Waals surface area contributed by atoms with E-state index in [0.29, 0.717) is 5.96 Å². The minimum absolute atomic E-state index is 0. The summed E-state index contributed by atoms with van der Waals surface area (Å²) < 4.78 is 6.65. The molecule has 0 aliphatic carbocycles. The third-order valence-electron chi connectivity index (χ3n) is 3.55. The standard InChI is InChI=1S/C15H19N3OS.HI/c16-15(18-7-9-19-10-8-18)17-6-5-12-11-20-14-4-2-1-3-13(12)14;/h1-4,11H,5-10H2,(H2,16,17);1H. The van der Waals surface area contributed by atoms with Crippen LogP contribution in [0.25, 0.3) is 10.1 Å². The molecule has 1 aromatic heterocycles. The highest BCUT2D eigenvalue weighted by Gasteiger charge is 2.11. The summed E-state index contributed by atoms with van der Waals surface area (Å²) >= 11 is 1.79. The molecule has 0 radical (unpaired) electrons. The first-order chi connectivity index (χ1) is 9.84. The first kappa shape index (κ1) is 16.5. The summed E-state index contributed by atoms with van der Waals surface area (Å²) in [5.74, 6) is 0.646. The van der Waals surface area contributed by atoms with E-state index in [1.54, 1.807) is 11.3 Å². The van der Waals surface area contributed by atoms with Crippen LogP contribution >= 0.6 is 35.3 Å². The topological polar surface area (TPSA) is 50.8 Å². The van der Waals surface area contributed by atoms with Crippen molar-refractivity contribution < 1.29 is 4.74 Å². The minimum Gasteiger partial charge on any atom is -0.378 e. The van der Waals surface area contributed by atoms with E-state index in [9.17, 15) is 0 Å². The highest BCUT2D eigenvalue weighted by molar-refractivity contribution is 14.0. The number of ether oxygens (including phenoxy) is 1. The maximum atomic E-state index is 6.02. The minimum atomic E-state index is 0. The zero-order chi connectivity index (χ0) is 13.8. The molecule has 1 saturated heterocycles. The lowest BCUT2D eigenvalue weighted by molar-refractivity contribution is 0.0674. The normalized spacial score (nSPS) is 16.0. The van der Waals surface area contributed by atoms with Crippen LogP contribution in [0.4, 0.5) is 0 Å². The van der Waals surface area contributed by atoms with Crippen LogP contribution in [0.3, 0.4) is 0 Å². The largest absolute Gasteiger partial charge is 0.378 e. The van der Waals surface area contributed by atoms with Crippen LogP contribution in [0.1, 0.15) is 5.56 Å². The van der Waals surface area contributed by atoms with E-state index >= 15 is 0 Å². The second kappa shape index (κ2) is 7.95. The van der Waals surface area contributed by atoms with Crippen LogP contribution < -0.4 is 5.73 Å². The van der Waals surface area contributed by atoms with E-state index in [4.69, 9.17) is 10.5 Å². The van der Waals surface area contributed by atoms with Crippen molar-refractivity contribution in [3.05, 3.63) is 35.2 Å². The number of hydrogen-bond acceptors (Lipinski definition) is 3. The Morgan fingerprint density at radius 1 is 1.29 bits per heavy atom. The van der Waals surface area contributed by atoms with Gasteiger partial charge in [-0.1, -0.05) is 18.2 Å².